The number of esters is 1. The van der Waals surface area contributed by atoms with Crippen LogP contribution >= 0.6 is 0 Å². The molecule has 5 rings (SSSR count). The van der Waals surface area contributed by atoms with E-state index in [1.807, 2.05) is 54.6 Å². The minimum atomic E-state index is -0.279. The van der Waals surface area contributed by atoms with Crippen LogP contribution in [0.25, 0.3) is 5.57 Å². The number of carbonyl (C=O) groups excluding carboxylic acids is 1. The summed E-state index contributed by atoms with van der Waals surface area (Å²) in [7, 11) is 0. The molecular formula is C30H30O3. The highest BCUT2D eigenvalue weighted by atomic mass is 16.5. The maximum Gasteiger partial charge on any atom is 0.311 e. The molecule has 1 spiro atoms. The molecule has 3 aromatic rings. The van der Waals surface area contributed by atoms with E-state index in [-0.39, 0.29) is 29.3 Å². The first kappa shape index (κ1) is 21.5. The molecule has 0 unspecified atom stereocenters. The number of hydrogen-bond donors (Lipinski definition) is 0. The molecule has 3 nitrogen and oxygen atoms in total. The van der Waals surface area contributed by atoms with E-state index in [9.17, 15) is 4.79 Å². The molecule has 1 saturated carbocycles. The van der Waals surface area contributed by atoms with Gasteiger partial charge in [-0.05, 0) is 57.9 Å². The molecule has 3 aromatic carbocycles. The van der Waals surface area contributed by atoms with Gasteiger partial charge >= 0.3 is 5.97 Å². The summed E-state index contributed by atoms with van der Waals surface area (Å²) in [4.78, 5) is 13.3. The van der Waals surface area contributed by atoms with Gasteiger partial charge in [0, 0.05) is 5.41 Å². The Hall–Kier alpha value is -3.33. The summed E-state index contributed by atoms with van der Waals surface area (Å²) in [5.41, 5.74) is 4.32. The topological polar surface area (TPSA) is 35.5 Å². The van der Waals surface area contributed by atoms with Crippen LogP contribution in [0.4, 0.5) is 0 Å². The van der Waals surface area contributed by atoms with Crippen molar-refractivity contribution in [3.63, 3.8) is 0 Å². The molecule has 1 fully saturated rings. The van der Waals surface area contributed by atoms with Gasteiger partial charge in [-0.25, -0.2) is 0 Å². The number of fused-ring (bicyclic) bond motifs is 2. The van der Waals surface area contributed by atoms with E-state index < -0.39 is 0 Å². The van der Waals surface area contributed by atoms with Crippen LogP contribution in [-0.2, 0) is 21.6 Å². The molecule has 0 bridgehead atoms. The van der Waals surface area contributed by atoms with Crippen LogP contribution in [0.15, 0.2) is 84.9 Å². The second-order valence-electron chi connectivity index (χ2n) is 9.99. The summed E-state index contributed by atoms with van der Waals surface area (Å²) in [5, 5.41) is 0. The predicted octanol–water partition coefficient (Wildman–Crippen LogP) is 7.17. The third-order valence-corrected chi connectivity index (χ3v) is 7.34. The van der Waals surface area contributed by atoms with Crippen LogP contribution in [0.3, 0.4) is 0 Å². The van der Waals surface area contributed by atoms with Gasteiger partial charge in [0.2, 0.25) is 0 Å². The lowest BCUT2D eigenvalue weighted by Crippen LogP contribution is -2.14. The highest BCUT2D eigenvalue weighted by Gasteiger charge is 2.76. The maximum atomic E-state index is 13.3. The number of ether oxygens (including phenoxy) is 2. The number of allylic oxidation sites excluding steroid dienone is 2. The molecule has 33 heavy (non-hydrogen) atoms. The molecule has 168 valence electrons. The van der Waals surface area contributed by atoms with E-state index in [0.29, 0.717) is 5.92 Å². The lowest BCUT2D eigenvalue weighted by Gasteiger charge is -2.13. The third kappa shape index (κ3) is 3.47. The lowest BCUT2D eigenvalue weighted by molar-refractivity contribution is -0.147. The van der Waals surface area contributed by atoms with E-state index >= 15 is 0 Å². The van der Waals surface area contributed by atoms with Crippen LogP contribution in [0.1, 0.15) is 44.4 Å². The van der Waals surface area contributed by atoms with Gasteiger partial charge in [-0.1, -0.05) is 88.4 Å². The van der Waals surface area contributed by atoms with E-state index in [0.717, 1.165) is 17.1 Å². The highest BCUT2D eigenvalue weighted by molar-refractivity contribution is 5.90. The number of rotatable bonds is 6. The zero-order chi connectivity index (χ0) is 23.2. The van der Waals surface area contributed by atoms with Crippen molar-refractivity contribution in [2.75, 3.05) is 0 Å². The van der Waals surface area contributed by atoms with E-state index in [1.165, 1.54) is 16.7 Å². The van der Waals surface area contributed by atoms with E-state index in [4.69, 9.17) is 9.47 Å². The van der Waals surface area contributed by atoms with Crippen LogP contribution in [0, 0.1) is 17.3 Å². The fourth-order valence-electron chi connectivity index (χ4n) is 5.58. The van der Waals surface area contributed by atoms with Crippen LogP contribution in [0.5, 0.6) is 11.5 Å². The molecule has 0 N–H and O–H groups in total. The lowest BCUT2D eigenvalue weighted by atomic mass is 9.89. The Morgan fingerprint density at radius 2 is 1.61 bits per heavy atom. The van der Waals surface area contributed by atoms with Crippen molar-refractivity contribution in [1.82, 2.24) is 0 Å². The quantitative estimate of drug-likeness (QED) is 0.383. The summed E-state index contributed by atoms with van der Waals surface area (Å²) in [6, 6.07) is 25.9. The largest absolute Gasteiger partial charge is 0.461 e. The summed E-state index contributed by atoms with van der Waals surface area (Å²) in [6.45, 7) is 9.03. The molecule has 0 radical (unpaired) electrons. The zero-order valence-corrected chi connectivity index (χ0v) is 19.7. The molecule has 0 aliphatic heterocycles. The molecule has 0 aromatic heterocycles. The Morgan fingerprint density at radius 3 is 2.36 bits per heavy atom. The summed E-state index contributed by atoms with van der Waals surface area (Å²) >= 11 is 0. The standard InChI is InChI=1S/C30H30O3/c1-20(2)25-18-30(26-16-9-8-15-24(25)26)27(29(30,3)4)28(31)32-19-21-11-10-14-23(17-21)33-22-12-6-5-7-13-22/h5-18,20,27H,19H2,1-4H3/t27-,30-/m1/s1. The minimum Gasteiger partial charge on any atom is -0.461 e. The molecule has 2 atom stereocenters. The summed E-state index contributed by atoms with van der Waals surface area (Å²) in [6.07, 6.45) is 2.35. The SMILES string of the molecule is CC(C)C1=C[C@@]2(c3ccccc31)[C@H](C(=O)OCc1cccc(Oc3ccccc3)c1)C2(C)C. The first-order valence-electron chi connectivity index (χ1n) is 11.7. The highest BCUT2D eigenvalue weighted by Crippen LogP contribution is 2.74. The number of benzene rings is 3. The molecule has 2 aliphatic carbocycles. The summed E-state index contributed by atoms with van der Waals surface area (Å²) < 4.78 is 11.8. The average molecular weight is 439 g/mol. The van der Waals surface area contributed by atoms with Gasteiger partial charge < -0.3 is 9.47 Å². The van der Waals surface area contributed by atoms with Crippen molar-refractivity contribution < 1.29 is 14.3 Å². The Balaban J connectivity index is 1.33. The van der Waals surface area contributed by atoms with Crippen molar-refractivity contribution in [2.45, 2.75) is 39.7 Å². The number of carbonyl (C=O) groups is 1. The second-order valence-corrected chi connectivity index (χ2v) is 9.99. The predicted molar refractivity (Wildman–Crippen MR) is 131 cm³/mol. The molecule has 0 saturated heterocycles. The summed E-state index contributed by atoms with van der Waals surface area (Å²) in [5.74, 6) is 1.59. The Bertz CT molecular complexity index is 1220. The first-order valence-corrected chi connectivity index (χ1v) is 11.7. The Morgan fingerprint density at radius 1 is 0.909 bits per heavy atom. The monoisotopic (exact) mass is 438 g/mol. The fraction of sp³-hybridized carbons (Fsp3) is 0.300. The molecular weight excluding hydrogens is 408 g/mol. The van der Waals surface area contributed by atoms with Crippen molar-refractivity contribution in [3.8, 4) is 11.5 Å². The molecule has 0 amide bonds. The van der Waals surface area contributed by atoms with Crippen LogP contribution in [-0.4, -0.2) is 5.97 Å². The smallest absolute Gasteiger partial charge is 0.311 e. The Kier molecular flexibility index (Phi) is 5.16. The number of para-hydroxylation sites is 1. The van der Waals surface area contributed by atoms with Crippen molar-refractivity contribution in [1.29, 1.82) is 0 Å². The van der Waals surface area contributed by atoms with Crippen LogP contribution in [0.2, 0.25) is 0 Å². The second kappa shape index (κ2) is 7.91. The van der Waals surface area contributed by atoms with E-state index in [2.05, 4.69) is 58.0 Å². The maximum absolute atomic E-state index is 13.3. The van der Waals surface area contributed by atoms with Gasteiger partial charge in [0.25, 0.3) is 0 Å². The molecule has 2 aliphatic rings. The van der Waals surface area contributed by atoms with Gasteiger partial charge in [-0.2, -0.15) is 0 Å². The average Bonchev–Trinajstić information content (AvgIpc) is 3.10. The Labute approximate surface area is 196 Å². The van der Waals surface area contributed by atoms with Gasteiger partial charge in [-0.15, -0.1) is 0 Å². The van der Waals surface area contributed by atoms with Gasteiger partial charge in [0.1, 0.15) is 18.1 Å². The van der Waals surface area contributed by atoms with Gasteiger partial charge in [-0.3, -0.25) is 4.79 Å². The van der Waals surface area contributed by atoms with Gasteiger partial charge in [0.15, 0.2) is 0 Å². The minimum absolute atomic E-state index is 0.134. The van der Waals surface area contributed by atoms with Crippen molar-refractivity contribution >= 4 is 11.5 Å². The third-order valence-electron chi connectivity index (χ3n) is 7.34. The van der Waals surface area contributed by atoms with Crippen molar-refractivity contribution in [2.24, 2.45) is 17.3 Å². The fourth-order valence-corrected chi connectivity index (χ4v) is 5.58. The molecule has 3 heteroatoms. The van der Waals surface area contributed by atoms with Gasteiger partial charge in [0.05, 0.1) is 5.92 Å². The van der Waals surface area contributed by atoms with Crippen LogP contribution < -0.4 is 4.74 Å². The number of hydrogen-bond acceptors (Lipinski definition) is 3. The van der Waals surface area contributed by atoms with E-state index in [1.54, 1.807) is 0 Å². The first-order chi connectivity index (χ1) is 15.8. The normalized spacial score (nSPS) is 22.1. The molecule has 0 heterocycles. The van der Waals surface area contributed by atoms with Crippen molar-refractivity contribution in [3.05, 3.63) is 102 Å². The zero-order valence-electron chi connectivity index (χ0n) is 19.7.